The summed E-state index contributed by atoms with van der Waals surface area (Å²) in [5.41, 5.74) is -7.90. The monoisotopic (exact) mass is 865 g/mol. The minimum Gasteiger partial charge on any atom is -0.481 e. The fourth-order valence-corrected chi connectivity index (χ4v) is 17.9. The Hall–Kier alpha value is -2.73. The molecule has 0 aromatic carbocycles. The van der Waals surface area contributed by atoms with Crippen LogP contribution in [0.5, 0.6) is 0 Å². The number of aliphatic carboxylic acids is 1. The molecule has 12 heteroatoms. The molecule has 12 nitrogen and oxygen atoms in total. The van der Waals surface area contributed by atoms with Crippen molar-refractivity contribution < 1.29 is 57.5 Å². The third-order valence-corrected chi connectivity index (χ3v) is 19.3. The lowest BCUT2D eigenvalue weighted by molar-refractivity contribution is -0.277. The first-order valence-corrected chi connectivity index (χ1v) is 24.3. The Labute approximate surface area is 367 Å². The van der Waals surface area contributed by atoms with Crippen molar-refractivity contribution in [1.82, 2.24) is 0 Å². The number of cyclic esters (lactones) is 1. The predicted molar refractivity (Wildman–Crippen MR) is 223 cm³/mol. The Kier molecular flexibility index (Phi) is 9.68. The average Bonchev–Trinajstić information content (AvgIpc) is 3.47. The Morgan fingerprint density at radius 1 is 0.677 bits per heavy atom. The number of carbonyl (C=O) groups is 5. The molecule has 0 aromatic heterocycles. The molecule has 344 valence electrons. The molecule has 0 radical (unpaired) electrons. The van der Waals surface area contributed by atoms with Crippen LogP contribution < -0.4 is 0 Å². The highest BCUT2D eigenvalue weighted by atomic mass is 16.7. The van der Waals surface area contributed by atoms with Gasteiger partial charge < -0.3 is 33.5 Å². The number of hydrogen-bond donors (Lipinski definition) is 1. The second kappa shape index (κ2) is 13.9. The van der Waals surface area contributed by atoms with E-state index in [1.165, 1.54) is 0 Å². The van der Waals surface area contributed by atoms with E-state index >= 15 is 9.59 Å². The van der Waals surface area contributed by atoms with Crippen LogP contribution in [0, 0.1) is 68.5 Å². The molecule has 12 atom stereocenters. The van der Waals surface area contributed by atoms with Crippen molar-refractivity contribution in [3.63, 3.8) is 0 Å². The third-order valence-electron chi connectivity index (χ3n) is 19.3. The van der Waals surface area contributed by atoms with E-state index in [1.54, 1.807) is 7.11 Å². The molecule has 1 spiro atoms. The summed E-state index contributed by atoms with van der Waals surface area (Å²) in [6, 6.07) is 0. The van der Waals surface area contributed by atoms with Gasteiger partial charge in [-0.1, -0.05) is 6.92 Å². The van der Waals surface area contributed by atoms with E-state index in [1.807, 2.05) is 41.5 Å². The summed E-state index contributed by atoms with van der Waals surface area (Å²) in [5.74, 6) is -0.364. The SMILES string of the molecule is CCC(C)(CC(C)(CC(C)(C)C(=O)OC12CC3CC(C1)CC(C(=O)O)(C3)C2)C(=O)OC12CC3CC(C1)C1COC(=O)C1(C3)C2)C(=O)OC12CC3CC(C1)CC(OC(C)OC)(C3)C2. The van der Waals surface area contributed by atoms with Gasteiger partial charge in [-0.25, -0.2) is 0 Å². The number of rotatable bonds is 15. The highest BCUT2D eigenvalue weighted by Gasteiger charge is 2.71. The van der Waals surface area contributed by atoms with Gasteiger partial charge in [0.15, 0.2) is 6.29 Å². The van der Waals surface area contributed by atoms with E-state index in [0.717, 1.165) is 51.4 Å². The van der Waals surface area contributed by atoms with Crippen LogP contribution in [0.3, 0.4) is 0 Å². The van der Waals surface area contributed by atoms with Crippen molar-refractivity contribution in [2.75, 3.05) is 13.7 Å². The van der Waals surface area contributed by atoms with E-state index < -0.39 is 67.4 Å². The van der Waals surface area contributed by atoms with Crippen molar-refractivity contribution in [3.05, 3.63) is 0 Å². The lowest BCUT2D eigenvalue weighted by Crippen LogP contribution is -2.63. The molecule has 0 amide bonds. The summed E-state index contributed by atoms with van der Waals surface area (Å²) >= 11 is 0. The minimum atomic E-state index is -1.34. The molecule has 13 rings (SSSR count). The number of esters is 4. The van der Waals surface area contributed by atoms with Gasteiger partial charge in [0, 0.05) is 32.3 Å². The summed E-state index contributed by atoms with van der Waals surface area (Å²) in [6.45, 7) is 11.7. The summed E-state index contributed by atoms with van der Waals surface area (Å²) in [6.07, 6.45) is 12.8. The minimum absolute atomic E-state index is 0.0490. The van der Waals surface area contributed by atoms with E-state index in [2.05, 4.69) is 0 Å². The lowest BCUT2D eigenvalue weighted by atomic mass is 9.44. The van der Waals surface area contributed by atoms with E-state index in [9.17, 15) is 19.5 Å². The zero-order valence-corrected chi connectivity index (χ0v) is 38.4. The van der Waals surface area contributed by atoms with Crippen LogP contribution in [-0.4, -0.2) is 77.4 Å². The fourth-order valence-electron chi connectivity index (χ4n) is 17.9. The van der Waals surface area contributed by atoms with Crippen LogP contribution in [0.25, 0.3) is 0 Å². The molecule has 12 unspecified atom stereocenters. The summed E-state index contributed by atoms with van der Waals surface area (Å²) < 4.78 is 38.2. The molecule has 13 fully saturated rings. The third kappa shape index (κ3) is 6.72. The maximum atomic E-state index is 15.4. The van der Waals surface area contributed by atoms with E-state index in [4.69, 9.17) is 28.4 Å². The van der Waals surface area contributed by atoms with Crippen LogP contribution in [0.1, 0.15) is 170 Å². The van der Waals surface area contributed by atoms with Gasteiger partial charge in [0.2, 0.25) is 0 Å². The van der Waals surface area contributed by atoms with Crippen LogP contribution in [-0.2, 0) is 52.4 Å². The van der Waals surface area contributed by atoms with Gasteiger partial charge in [0.1, 0.15) is 16.8 Å². The van der Waals surface area contributed by atoms with Gasteiger partial charge in [0.05, 0.1) is 39.3 Å². The predicted octanol–water partition coefficient (Wildman–Crippen LogP) is 8.49. The first kappa shape index (κ1) is 43.2. The van der Waals surface area contributed by atoms with Crippen molar-refractivity contribution in [1.29, 1.82) is 0 Å². The normalized spacial score (nSPS) is 46.4. The maximum Gasteiger partial charge on any atom is 0.312 e. The highest BCUT2D eigenvalue weighted by Crippen LogP contribution is 2.69. The van der Waals surface area contributed by atoms with Crippen molar-refractivity contribution in [2.45, 2.75) is 199 Å². The zero-order chi connectivity index (χ0) is 44.1. The largest absolute Gasteiger partial charge is 0.481 e. The number of methoxy groups -OCH3 is 1. The number of hydrogen-bond acceptors (Lipinski definition) is 11. The molecular formula is C50H72O12. The maximum absolute atomic E-state index is 15.4. The van der Waals surface area contributed by atoms with Gasteiger partial charge in [-0.2, -0.15) is 0 Å². The average molecular weight is 865 g/mol. The molecule has 12 aliphatic carbocycles. The summed E-state index contributed by atoms with van der Waals surface area (Å²) in [4.78, 5) is 71.3. The Bertz CT molecular complexity index is 1890. The molecule has 13 aliphatic rings. The molecule has 1 N–H and O–H groups in total. The second-order valence-corrected chi connectivity index (χ2v) is 25.1. The molecule has 12 bridgehead atoms. The van der Waals surface area contributed by atoms with Crippen molar-refractivity contribution >= 4 is 29.8 Å². The van der Waals surface area contributed by atoms with Crippen LogP contribution in [0.4, 0.5) is 0 Å². The van der Waals surface area contributed by atoms with Crippen LogP contribution in [0.2, 0.25) is 0 Å². The molecule has 1 saturated heterocycles. The second-order valence-electron chi connectivity index (χ2n) is 25.1. The van der Waals surface area contributed by atoms with Gasteiger partial charge in [-0.3, -0.25) is 24.0 Å². The fraction of sp³-hybridized carbons (Fsp3) is 0.900. The van der Waals surface area contributed by atoms with Crippen LogP contribution >= 0.6 is 0 Å². The number of carboxylic acid groups (broad SMARTS) is 1. The quantitative estimate of drug-likeness (QED) is 0.0952. The standard InChI is InChI=1S/C50H72O12/c1-8-43(5,39(54)61-48-18-32-10-33(19-48)17-47(16-32,27-48)59-29(2)57-7)25-44(6,40(55)62-49-20-34-11-35(22-49)36-23-58-41(56)50(36,21-34)28-49)24-42(3,4)38(53)60-46-14-30-9-31(15-46)13-45(12-30,26-46)37(51)52/h29-36H,8-28H2,1-7H3,(H,51,52). The molecule has 1 aliphatic heterocycles. The summed E-state index contributed by atoms with van der Waals surface area (Å²) in [7, 11) is 1.65. The van der Waals surface area contributed by atoms with Crippen LogP contribution in [0.15, 0.2) is 0 Å². The Balaban J connectivity index is 0.935. The number of carbonyl (C=O) groups excluding carboxylic acids is 4. The van der Waals surface area contributed by atoms with E-state index in [-0.39, 0.29) is 60.7 Å². The van der Waals surface area contributed by atoms with Gasteiger partial charge in [-0.15, -0.1) is 0 Å². The van der Waals surface area contributed by atoms with Crippen molar-refractivity contribution in [3.8, 4) is 0 Å². The highest BCUT2D eigenvalue weighted by molar-refractivity contribution is 5.84. The Morgan fingerprint density at radius 3 is 1.77 bits per heavy atom. The zero-order valence-electron chi connectivity index (χ0n) is 38.4. The molecule has 12 saturated carbocycles. The summed E-state index contributed by atoms with van der Waals surface area (Å²) in [5, 5.41) is 10.4. The molecule has 1 heterocycles. The van der Waals surface area contributed by atoms with Crippen molar-refractivity contribution in [2.24, 2.45) is 68.5 Å². The smallest absolute Gasteiger partial charge is 0.312 e. The molecule has 62 heavy (non-hydrogen) atoms. The molecular weight excluding hydrogens is 793 g/mol. The van der Waals surface area contributed by atoms with Gasteiger partial charge >= 0.3 is 29.8 Å². The molecule has 0 aromatic rings. The first-order valence-electron chi connectivity index (χ1n) is 24.3. The lowest BCUT2D eigenvalue weighted by Gasteiger charge is -2.61. The topological polar surface area (TPSA) is 161 Å². The van der Waals surface area contributed by atoms with E-state index in [0.29, 0.717) is 82.7 Å². The Morgan fingerprint density at radius 2 is 1.19 bits per heavy atom. The number of ether oxygens (including phenoxy) is 6. The first-order chi connectivity index (χ1) is 29.0. The number of carboxylic acids is 1. The van der Waals surface area contributed by atoms with Gasteiger partial charge in [-0.05, 0) is 179 Å². The van der Waals surface area contributed by atoms with Gasteiger partial charge in [0.25, 0.3) is 0 Å².